The van der Waals surface area contributed by atoms with Crippen molar-refractivity contribution in [1.82, 2.24) is 9.88 Å². The number of aryl methyl sites for hydroxylation is 1. The number of para-hydroxylation sites is 1. The standard InChI is InChI=1S/C21H24FN3OS.ClH/c1-4-24(5-2)13-14-25(20(26)16-10-6-7-11-17(16)22)21-23-19-15(3)9-8-12-18(19)27-21;/h6-12H,4-5,13-14H2,1-3H3;1H. The molecule has 28 heavy (non-hydrogen) atoms. The molecule has 1 heterocycles. The van der Waals surface area contributed by atoms with E-state index in [1.54, 1.807) is 17.0 Å². The molecule has 4 nitrogen and oxygen atoms in total. The van der Waals surface area contributed by atoms with Gasteiger partial charge in [-0.15, -0.1) is 12.4 Å². The monoisotopic (exact) mass is 421 g/mol. The Hall–Kier alpha value is -2.02. The highest BCUT2D eigenvalue weighted by Crippen LogP contribution is 2.31. The minimum absolute atomic E-state index is 0. The lowest BCUT2D eigenvalue weighted by molar-refractivity contribution is 0.0980. The minimum atomic E-state index is -0.507. The van der Waals surface area contributed by atoms with E-state index < -0.39 is 5.82 Å². The van der Waals surface area contributed by atoms with Crippen molar-refractivity contribution >= 4 is 45.0 Å². The summed E-state index contributed by atoms with van der Waals surface area (Å²) in [4.78, 5) is 21.7. The summed E-state index contributed by atoms with van der Waals surface area (Å²) < 4.78 is 15.3. The highest BCUT2D eigenvalue weighted by atomic mass is 35.5. The predicted octanol–water partition coefficient (Wildman–Crippen LogP) is 5.15. The van der Waals surface area contributed by atoms with Gasteiger partial charge in [0.1, 0.15) is 5.82 Å². The molecule has 0 aliphatic carbocycles. The maximum absolute atomic E-state index is 14.2. The van der Waals surface area contributed by atoms with Gasteiger partial charge < -0.3 is 4.90 Å². The van der Waals surface area contributed by atoms with E-state index in [1.807, 2.05) is 25.1 Å². The van der Waals surface area contributed by atoms with Gasteiger partial charge in [0.05, 0.1) is 15.8 Å². The van der Waals surface area contributed by atoms with E-state index >= 15 is 0 Å². The maximum atomic E-state index is 14.2. The first-order chi connectivity index (χ1) is 13.0. The fourth-order valence-electron chi connectivity index (χ4n) is 3.04. The third-order valence-corrected chi connectivity index (χ3v) is 5.77. The summed E-state index contributed by atoms with van der Waals surface area (Å²) in [6, 6.07) is 12.1. The van der Waals surface area contributed by atoms with Crippen molar-refractivity contribution < 1.29 is 9.18 Å². The molecule has 0 radical (unpaired) electrons. The summed E-state index contributed by atoms with van der Waals surface area (Å²) in [6.07, 6.45) is 0. The van der Waals surface area contributed by atoms with Crippen LogP contribution in [0, 0.1) is 12.7 Å². The molecule has 0 saturated heterocycles. The van der Waals surface area contributed by atoms with Crippen molar-refractivity contribution in [3.05, 3.63) is 59.4 Å². The van der Waals surface area contributed by atoms with Gasteiger partial charge in [-0.3, -0.25) is 9.69 Å². The molecule has 0 unspecified atom stereocenters. The summed E-state index contributed by atoms with van der Waals surface area (Å²) in [7, 11) is 0. The van der Waals surface area contributed by atoms with E-state index in [2.05, 4.69) is 18.7 Å². The zero-order chi connectivity index (χ0) is 19.4. The number of anilines is 1. The van der Waals surface area contributed by atoms with Crippen LogP contribution in [0.5, 0.6) is 0 Å². The van der Waals surface area contributed by atoms with Gasteiger partial charge in [0.2, 0.25) is 0 Å². The number of nitrogens with zero attached hydrogens (tertiary/aromatic N) is 3. The average Bonchev–Trinajstić information content (AvgIpc) is 3.10. The highest BCUT2D eigenvalue weighted by Gasteiger charge is 2.24. The van der Waals surface area contributed by atoms with E-state index in [1.165, 1.54) is 23.5 Å². The molecule has 0 aliphatic heterocycles. The second kappa shape index (κ2) is 9.96. The summed E-state index contributed by atoms with van der Waals surface area (Å²) in [5.41, 5.74) is 2.04. The number of hydrogen-bond donors (Lipinski definition) is 0. The van der Waals surface area contributed by atoms with Crippen LogP contribution in [0.25, 0.3) is 10.2 Å². The molecule has 0 fully saturated rings. The maximum Gasteiger partial charge on any atom is 0.263 e. The zero-order valence-corrected chi connectivity index (χ0v) is 17.9. The molecule has 0 N–H and O–H groups in total. The Morgan fingerprint density at radius 1 is 1.07 bits per heavy atom. The van der Waals surface area contributed by atoms with Crippen LogP contribution in [0.15, 0.2) is 42.5 Å². The molecule has 0 atom stereocenters. The van der Waals surface area contributed by atoms with Crippen molar-refractivity contribution in [3.8, 4) is 0 Å². The first-order valence-electron chi connectivity index (χ1n) is 9.20. The Bertz CT molecular complexity index is 942. The van der Waals surface area contributed by atoms with Gasteiger partial charge in [-0.1, -0.05) is 49.4 Å². The topological polar surface area (TPSA) is 36.4 Å². The van der Waals surface area contributed by atoms with Crippen LogP contribution in [0.2, 0.25) is 0 Å². The van der Waals surface area contributed by atoms with Crippen molar-refractivity contribution in [2.24, 2.45) is 0 Å². The number of hydrogen-bond acceptors (Lipinski definition) is 4. The van der Waals surface area contributed by atoms with Gasteiger partial charge in [0, 0.05) is 13.1 Å². The Balaban J connectivity index is 0.00000280. The summed E-state index contributed by atoms with van der Waals surface area (Å²) in [5.74, 6) is -0.857. The van der Waals surface area contributed by atoms with E-state index in [0.29, 0.717) is 18.2 Å². The number of halogens is 2. The molecule has 150 valence electrons. The van der Waals surface area contributed by atoms with E-state index in [9.17, 15) is 9.18 Å². The van der Waals surface area contributed by atoms with Crippen LogP contribution in [0.1, 0.15) is 29.8 Å². The molecule has 2 aromatic carbocycles. The average molecular weight is 422 g/mol. The van der Waals surface area contributed by atoms with Crippen LogP contribution in [0.3, 0.4) is 0 Å². The lowest BCUT2D eigenvalue weighted by Gasteiger charge is -2.24. The largest absolute Gasteiger partial charge is 0.302 e. The van der Waals surface area contributed by atoms with Crippen LogP contribution in [0.4, 0.5) is 9.52 Å². The zero-order valence-electron chi connectivity index (χ0n) is 16.3. The number of carbonyl (C=O) groups is 1. The molecule has 7 heteroatoms. The number of amides is 1. The second-order valence-corrected chi connectivity index (χ2v) is 7.39. The number of thiazole rings is 1. The van der Waals surface area contributed by atoms with Gasteiger partial charge in [0.15, 0.2) is 5.13 Å². The number of fused-ring (bicyclic) bond motifs is 1. The third kappa shape index (κ3) is 4.69. The number of benzene rings is 2. The molecule has 0 bridgehead atoms. The quantitative estimate of drug-likeness (QED) is 0.529. The SMILES string of the molecule is CCN(CC)CCN(C(=O)c1ccccc1F)c1nc2c(C)cccc2s1.Cl. The van der Waals surface area contributed by atoms with Crippen LogP contribution >= 0.6 is 23.7 Å². The van der Waals surface area contributed by atoms with Gasteiger partial charge in [-0.05, 0) is 43.8 Å². The normalized spacial score (nSPS) is 10.9. The molecular weight excluding hydrogens is 397 g/mol. The molecule has 1 aromatic heterocycles. The smallest absolute Gasteiger partial charge is 0.263 e. The van der Waals surface area contributed by atoms with Gasteiger partial charge >= 0.3 is 0 Å². The molecule has 3 rings (SSSR count). The van der Waals surface area contributed by atoms with E-state index in [4.69, 9.17) is 4.98 Å². The van der Waals surface area contributed by atoms with E-state index in [-0.39, 0.29) is 23.9 Å². The van der Waals surface area contributed by atoms with Crippen molar-refractivity contribution in [2.45, 2.75) is 20.8 Å². The number of carbonyl (C=O) groups excluding carboxylic acids is 1. The molecular formula is C21H25ClFN3OS. The highest BCUT2D eigenvalue weighted by molar-refractivity contribution is 7.22. The minimum Gasteiger partial charge on any atom is -0.302 e. The fourth-order valence-corrected chi connectivity index (χ4v) is 4.10. The van der Waals surface area contributed by atoms with Crippen molar-refractivity contribution in [3.63, 3.8) is 0 Å². The number of rotatable bonds is 7. The van der Waals surface area contributed by atoms with Gasteiger partial charge in [0.25, 0.3) is 5.91 Å². The second-order valence-electron chi connectivity index (χ2n) is 6.38. The summed E-state index contributed by atoms with van der Waals surface area (Å²) in [6.45, 7) is 9.16. The molecule has 0 saturated carbocycles. The Morgan fingerprint density at radius 2 is 1.79 bits per heavy atom. The van der Waals surface area contributed by atoms with Gasteiger partial charge in [-0.2, -0.15) is 0 Å². The Kier molecular flexibility index (Phi) is 7.92. The number of likely N-dealkylation sites (N-methyl/N-ethyl adjacent to an activating group) is 1. The van der Waals surface area contributed by atoms with E-state index in [0.717, 1.165) is 28.9 Å². The van der Waals surface area contributed by atoms with Crippen LogP contribution < -0.4 is 4.90 Å². The van der Waals surface area contributed by atoms with Gasteiger partial charge in [-0.25, -0.2) is 9.37 Å². The van der Waals surface area contributed by atoms with Crippen molar-refractivity contribution in [2.75, 3.05) is 31.1 Å². The lowest BCUT2D eigenvalue weighted by atomic mass is 10.2. The number of aromatic nitrogens is 1. The predicted molar refractivity (Wildman–Crippen MR) is 117 cm³/mol. The fraction of sp³-hybridized carbons (Fsp3) is 0.333. The first kappa shape index (κ1) is 22.3. The molecule has 3 aromatic rings. The van der Waals surface area contributed by atoms with Crippen LogP contribution in [-0.4, -0.2) is 42.0 Å². The molecule has 0 spiro atoms. The summed E-state index contributed by atoms with van der Waals surface area (Å²) >= 11 is 1.47. The Labute approximate surface area is 175 Å². The lowest BCUT2D eigenvalue weighted by Crippen LogP contribution is -2.39. The van der Waals surface area contributed by atoms with Crippen molar-refractivity contribution in [1.29, 1.82) is 0 Å². The third-order valence-electron chi connectivity index (χ3n) is 4.72. The molecule has 1 amide bonds. The Morgan fingerprint density at radius 3 is 2.43 bits per heavy atom. The molecule has 0 aliphatic rings. The van der Waals surface area contributed by atoms with Crippen LogP contribution in [-0.2, 0) is 0 Å². The summed E-state index contributed by atoms with van der Waals surface area (Å²) in [5, 5.41) is 0.611. The first-order valence-corrected chi connectivity index (χ1v) is 10.0.